The second kappa shape index (κ2) is 9.64. The summed E-state index contributed by atoms with van der Waals surface area (Å²) in [4.78, 5) is 14.0. The second-order valence-corrected chi connectivity index (χ2v) is 10.2. The van der Waals surface area contributed by atoms with Crippen LogP contribution in [0.1, 0.15) is 56.1 Å². The van der Waals surface area contributed by atoms with Gasteiger partial charge in [0.15, 0.2) is 0 Å². The first kappa shape index (κ1) is 25.5. The predicted octanol–water partition coefficient (Wildman–Crippen LogP) is 6.23. The van der Waals surface area contributed by atoms with Gasteiger partial charge in [-0.1, -0.05) is 12.1 Å². The molecule has 3 rings (SSSR count). The van der Waals surface area contributed by atoms with E-state index in [9.17, 15) is 13.4 Å². The van der Waals surface area contributed by atoms with Gasteiger partial charge in [0.25, 0.3) is 0 Å². The number of ether oxygens (including phenoxy) is 1. The van der Waals surface area contributed by atoms with E-state index in [1.54, 1.807) is 6.92 Å². The second-order valence-electron chi connectivity index (χ2n) is 8.99. The molecule has 33 heavy (non-hydrogen) atoms. The van der Waals surface area contributed by atoms with Gasteiger partial charge in [0.2, 0.25) is 0 Å². The van der Waals surface area contributed by atoms with E-state index < -0.39 is 7.40 Å². The fraction of sp³-hybridized carbons (Fsp3) is 0.400. The van der Waals surface area contributed by atoms with Gasteiger partial charge in [-0.3, -0.25) is 13.4 Å². The number of rotatable bonds is 6. The number of benzene rings is 1. The van der Waals surface area contributed by atoms with Crippen molar-refractivity contribution in [1.82, 2.24) is 9.38 Å². The maximum Gasteiger partial charge on any atom is 0.677 e. The summed E-state index contributed by atoms with van der Waals surface area (Å²) in [5.74, 6) is -0.262. The number of likely N-dealkylation sites (N-methyl/N-ethyl adjacent to an activating group) is 1. The lowest BCUT2D eigenvalue weighted by Gasteiger charge is -2.35. The molecule has 2 aromatic rings. The Hall–Kier alpha value is -2.10. The van der Waals surface area contributed by atoms with Gasteiger partial charge in [0, 0.05) is 34.0 Å². The zero-order valence-electron chi connectivity index (χ0n) is 20.2. The normalized spacial score (nSPS) is 17.0. The summed E-state index contributed by atoms with van der Waals surface area (Å²) in [6.45, 7) is 9.83. The van der Waals surface area contributed by atoms with Gasteiger partial charge in [-0.25, -0.2) is 0 Å². The number of hydrogen-bond acceptors (Lipinski definition) is 3. The smallest absolute Gasteiger partial charge is 0.469 e. The first-order valence-corrected chi connectivity index (χ1v) is 12.0. The van der Waals surface area contributed by atoms with Crippen molar-refractivity contribution < 1.29 is 18.2 Å². The fourth-order valence-corrected chi connectivity index (χ4v) is 5.26. The summed E-state index contributed by atoms with van der Waals surface area (Å²) in [5.41, 5.74) is 6.15. The molecule has 1 aliphatic heterocycles. The van der Waals surface area contributed by atoms with Crippen molar-refractivity contribution >= 4 is 41.5 Å². The van der Waals surface area contributed by atoms with Gasteiger partial charge in [-0.15, -0.1) is 0 Å². The summed E-state index contributed by atoms with van der Waals surface area (Å²) >= 11 is 2.24. The van der Waals surface area contributed by atoms with Crippen LogP contribution in [0.15, 0.2) is 47.2 Å². The van der Waals surface area contributed by atoms with Crippen LogP contribution in [0, 0.1) is 17.4 Å². The van der Waals surface area contributed by atoms with E-state index in [0.29, 0.717) is 17.8 Å². The molecule has 0 bridgehead atoms. The van der Waals surface area contributed by atoms with Gasteiger partial charge in [0.1, 0.15) is 0 Å². The summed E-state index contributed by atoms with van der Waals surface area (Å²) in [5, 5.41) is 0. The van der Waals surface area contributed by atoms with Gasteiger partial charge in [0.05, 0.1) is 18.3 Å². The zero-order chi connectivity index (χ0) is 24.7. The summed E-state index contributed by atoms with van der Waals surface area (Å²) in [7, 11) is 0.726. The van der Waals surface area contributed by atoms with E-state index in [1.165, 1.54) is 7.11 Å². The quantitative estimate of drug-likeness (QED) is 0.236. The SMILES string of the molecule is COC(=O)CCC1=C(C)/C(=C(\c2ccc(I)cc2)c2c(C)cc(C)n2B(F)F)N(C)C1(C)C. The minimum Gasteiger partial charge on any atom is -0.469 e. The molecule has 176 valence electrons. The number of methoxy groups -OCH3 is 1. The first-order valence-electron chi connectivity index (χ1n) is 10.9. The molecule has 0 radical (unpaired) electrons. The average Bonchev–Trinajstić information content (AvgIpc) is 3.12. The zero-order valence-corrected chi connectivity index (χ0v) is 22.4. The third-order valence-corrected chi connectivity index (χ3v) is 7.47. The Balaban J connectivity index is 2.37. The molecular formula is C25H30BF2IN2O2. The lowest BCUT2D eigenvalue weighted by molar-refractivity contribution is -0.140. The van der Waals surface area contributed by atoms with Crippen molar-refractivity contribution in [1.29, 1.82) is 0 Å². The van der Waals surface area contributed by atoms with E-state index in [-0.39, 0.29) is 17.9 Å². The number of halogens is 3. The van der Waals surface area contributed by atoms with E-state index in [1.807, 2.05) is 51.2 Å². The molecule has 0 atom stereocenters. The lowest BCUT2D eigenvalue weighted by Crippen LogP contribution is -2.37. The summed E-state index contributed by atoms with van der Waals surface area (Å²) in [6, 6.07) is 9.77. The number of esters is 1. The number of carbonyl (C=O) groups excluding carboxylic acids is 1. The predicted molar refractivity (Wildman–Crippen MR) is 138 cm³/mol. The minimum absolute atomic E-state index is 0.262. The van der Waals surface area contributed by atoms with Crippen molar-refractivity contribution in [2.24, 2.45) is 0 Å². The highest BCUT2D eigenvalue weighted by atomic mass is 127. The maximum absolute atomic E-state index is 14.3. The Morgan fingerprint density at radius 3 is 2.30 bits per heavy atom. The number of allylic oxidation sites excluding steroid dienone is 1. The number of hydrogen-bond donors (Lipinski definition) is 0. The molecule has 2 heterocycles. The van der Waals surface area contributed by atoms with Crippen molar-refractivity contribution in [2.45, 2.75) is 53.0 Å². The van der Waals surface area contributed by atoms with Crippen LogP contribution >= 0.6 is 22.6 Å². The molecular weight excluding hydrogens is 536 g/mol. The van der Waals surface area contributed by atoms with Crippen molar-refractivity contribution in [2.75, 3.05) is 14.2 Å². The first-order chi connectivity index (χ1) is 15.4. The summed E-state index contributed by atoms with van der Waals surface area (Å²) < 4.78 is 35.6. The van der Waals surface area contributed by atoms with Crippen LogP contribution in [0.25, 0.3) is 5.57 Å². The number of aryl methyl sites for hydroxylation is 2. The van der Waals surface area contributed by atoms with E-state index in [0.717, 1.165) is 41.6 Å². The Bertz CT molecular complexity index is 1130. The molecule has 0 fully saturated rings. The molecule has 0 saturated carbocycles. The minimum atomic E-state index is -2.66. The van der Waals surface area contributed by atoms with Crippen LogP contribution in [-0.2, 0) is 9.53 Å². The molecule has 4 nitrogen and oxygen atoms in total. The van der Waals surface area contributed by atoms with E-state index in [2.05, 4.69) is 41.3 Å². The van der Waals surface area contributed by atoms with Crippen molar-refractivity contribution in [3.05, 3.63) is 73.3 Å². The number of carbonyl (C=O) groups is 1. The Labute approximate surface area is 209 Å². The number of nitrogens with zero attached hydrogens (tertiary/aromatic N) is 2. The third kappa shape index (κ3) is 4.63. The highest BCUT2D eigenvalue weighted by Gasteiger charge is 2.41. The fourth-order valence-electron chi connectivity index (χ4n) is 4.90. The standard InChI is InChI=1S/C25H30BF2IN2O2/c1-15-14-16(2)31(26(27)28)23(15)22(18-8-10-19(29)11-9-18)24-17(3)20(12-13-21(32)33-7)25(4,5)30(24)6/h8-11,14H,12-13H2,1-7H3/b24-22-. The molecule has 1 aromatic heterocycles. The van der Waals surface area contributed by atoms with Crippen LogP contribution in [0.5, 0.6) is 0 Å². The Morgan fingerprint density at radius 2 is 1.76 bits per heavy atom. The highest BCUT2D eigenvalue weighted by Crippen LogP contribution is 2.47. The molecule has 0 unspecified atom stereocenters. The van der Waals surface area contributed by atoms with Crippen molar-refractivity contribution in [3.8, 4) is 0 Å². The molecule has 1 aromatic carbocycles. The van der Waals surface area contributed by atoms with Crippen LogP contribution in [0.4, 0.5) is 8.63 Å². The molecule has 8 heteroatoms. The van der Waals surface area contributed by atoms with Crippen LogP contribution in [-0.4, -0.2) is 42.4 Å². The molecule has 0 amide bonds. The van der Waals surface area contributed by atoms with Gasteiger partial charge in [-0.05, 0) is 104 Å². The summed E-state index contributed by atoms with van der Waals surface area (Å²) in [6.07, 6.45) is 0.825. The third-order valence-electron chi connectivity index (χ3n) is 6.75. The molecule has 0 spiro atoms. The molecule has 0 N–H and O–H groups in total. The molecule has 0 aliphatic carbocycles. The Kier molecular flexibility index (Phi) is 7.46. The molecule has 1 aliphatic rings. The Morgan fingerprint density at radius 1 is 1.15 bits per heavy atom. The highest BCUT2D eigenvalue weighted by molar-refractivity contribution is 14.1. The van der Waals surface area contributed by atoms with E-state index in [4.69, 9.17) is 4.74 Å². The monoisotopic (exact) mass is 566 g/mol. The molecule has 0 saturated heterocycles. The maximum atomic E-state index is 14.3. The van der Waals surface area contributed by atoms with Crippen LogP contribution in [0.2, 0.25) is 0 Å². The van der Waals surface area contributed by atoms with Gasteiger partial charge >= 0.3 is 13.4 Å². The van der Waals surface area contributed by atoms with E-state index >= 15 is 0 Å². The number of aromatic nitrogens is 1. The topological polar surface area (TPSA) is 34.5 Å². The average molecular weight is 566 g/mol. The van der Waals surface area contributed by atoms with Gasteiger partial charge in [-0.2, -0.15) is 0 Å². The van der Waals surface area contributed by atoms with Crippen LogP contribution in [0.3, 0.4) is 0 Å². The van der Waals surface area contributed by atoms with Gasteiger partial charge < -0.3 is 14.1 Å². The largest absolute Gasteiger partial charge is 0.677 e. The van der Waals surface area contributed by atoms with Crippen LogP contribution < -0.4 is 0 Å². The lowest BCUT2D eigenvalue weighted by atomic mass is 9.89. The van der Waals surface area contributed by atoms with Crippen molar-refractivity contribution in [3.63, 3.8) is 0 Å².